The summed E-state index contributed by atoms with van der Waals surface area (Å²) in [6.45, 7) is 0. The van der Waals surface area contributed by atoms with Gasteiger partial charge in [0, 0.05) is 21.5 Å². The topological polar surface area (TPSA) is 69.0 Å². The summed E-state index contributed by atoms with van der Waals surface area (Å²) in [6, 6.07) is 38.6. The molecule has 0 N–H and O–H groups in total. The van der Waals surface area contributed by atoms with E-state index in [-0.39, 0.29) is 9.79 Å². The minimum Gasteiger partial charge on any atom is -0.309 e. The molecule has 1 aliphatic rings. The first kappa shape index (κ1) is 22.9. The lowest BCUT2D eigenvalue weighted by atomic mass is 10.2. The summed E-state index contributed by atoms with van der Waals surface area (Å²) in [5.74, 6) is 0.601. The van der Waals surface area contributed by atoms with Gasteiger partial charge < -0.3 is 4.57 Å². The molecule has 0 saturated carbocycles. The fourth-order valence-corrected chi connectivity index (χ4v) is 9.71. The molecule has 0 amide bonds. The number of sulfone groups is 1. The van der Waals surface area contributed by atoms with E-state index in [1.807, 2.05) is 102 Å². The molecule has 1 aromatic heterocycles. The van der Waals surface area contributed by atoms with Crippen molar-refractivity contribution in [2.45, 2.75) is 9.79 Å². The van der Waals surface area contributed by atoms with Crippen LogP contribution in [0.25, 0.3) is 28.1 Å². The third kappa shape index (κ3) is 3.14. The Morgan fingerprint density at radius 1 is 0.605 bits per heavy atom. The van der Waals surface area contributed by atoms with Gasteiger partial charge in [0.1, 0.15) is 11.3 Å². The summed E-state index contributed by atoms with van der Waals surface area (Å²) < 4.78 is 44.9. The molecule has 0 saturated heterocycles. The maximum atomic E-state index is 15.3. The van der Waals surface area contributed by atoms with Gasteiger partial charge in [-0.25, -0.2) is 13.4 Å². The highest BCUT2D eigenvalue weighted by atomic mass is 32.2. The molecule has 1 aliphatic heterocycles. The molecule has 184 valence electrons. The number of para-hydroxylation sites is 1. The van der Waals surface area contributed by atoms with Crippen LogP contribution >= 0.6 is 7.14 Å². The fraction of sp³-hybridized carbons (Fsp3) is 0. The van der Waals surface area contributed by atoms with Crippen molar-refractivity contribution in [3.8, 4) is 17.1 Å². The number of imidazole rings is 1. The highest BCUT2D eigenvalue weighted by Crippen LogP contribution is 2.48. The highest BCUT2D eigenvalue weighted by Gasteiger charge is 2.39. The monoisotopic (exact) mass is 532 g/mol. The molecule has 0 radical (unpaired) electrons. The molecular weight excluding hydrogens is 511 g/mol. The van der Waals surface area contributed by atoms with Crippen molar-refractivity contribution in [2.75, 3.05) is 0 Å². The van der Waals surface area contributed by atoms with Gasteiger partial charge in [0.05, 0.1) is 21.0 Å². The summed E-state index contributed by atoms with van der Waals surface area (Å²) in [4.78, 5) is 5.45. The summed E-state index contributed by atoms with van der Waals surface area (Å²) in [5, 5.41) is 1.84. The van der Waals surface area contributed by atoms with E-state index in [0.717, 1.165) is 5.56 Å². The number of hydrogen-bond acceptors (Lipinski definition) is 4. The number of aromatic nitrogens is 2. The molecule has 0 unspecified atom stereocenters. The lowest BCUT2D eigenvalue weighted by molar-refractivity contribution is 0.591. The van der Waals surface area contributed by atoms with Crippen molar-refractivity contribution in [1.29, 1.82) is 0 Å². The Morgan fingerprint density at radius 2 is 1.16 bits per heavy atom. The molecule has 0 atom stereocenters. The van der Waals surface area contributed by atoms with Gasteiger partial charge in [0.25, 0.3) is 0 Å². The second-order valence-electron chi connectivity index (χ2n) is 9.17. The Balaban J connectivity index is 1.67. The zero-order valence-corrected chi connectivity index (χ0v) is 21.8. The summed E-state index contributed by atoms with van der Waals surface area (Å²) in [5.41, 5.74) is 2.25. The number of fused-ring (bicyclic) bond motifs is 2. The minimum absolute atomic E-state index is 0.164. The highest BCUT2D eigenvalue weighted by molar-refractivity contribution is 7.92. The predicted molar refractivity (Wildman–Crippen MR) is 151 cm³/mol. The quantitative estimate of drug-likeness (QED) is 0.282. The Labute approximate surface area is 220 Å². The predicted octanol–water partition coefficient (Wildman–Crippen LogP) is 5.48. The second kappa shape index (κ2) is 8.38. The van der Waals surface area contributed by atoms with Crippen LogP contribution < -0.4 is 15.9 Å². The molecule has 2 heterocycles. The Kier molecular flexibility index (Phi) is 5.05. The third-order valence-electron chi connectivity index (χ3n) is 7.04. The van der Waals surface area contributed by atoms with Gasteiger partial charge in [-0.3, -0.25) is 4.57 Å². The molecule has 6 aromatic rings. The van der Waals surface area contributed by atoms with Gasteiger partial charge in [-0.05, 0) is 24.3 Å². The van der Waals surface area contributed by atoms with Crippen LogP contribution in [0.4, 0.5) is 0 Å². The van der Waals surface area contributed by atoms with Crippen molar-refractivity contribution in [3.05, 3.63) is 127 Å². The molecule has 0 bridgehead atoms. The zero-order valence-electron chi connectivity index (χ0n) is 20.1. The van der Waals surface area contributed by atoms with Crippen LogP contribution in [-0.2, 0) is 14.4 Å². The number of benzene rings is 5. The maximum absolute atomic E-state index is 15.3. The largest absolute Gasteiger partial charge is 0.309 e. The first-order valence-corrected chi connectivity index (χ1v) is 15.4. The van der Waals surface area contributed by atoms with Crippen molar-refractivity contribution < 1.29 is 13.0 Å². The van der Waals surface area contributed by atoms with Gasteiger partial charge in [-0.15, -0.1) is 0 Å². The van der Waals surface area contributed by atoms with Crippen LogP contribution in [0.1, 0.15) is 0 Å². The van der Waals surface area contributed by atoms with Crippen LogP contribution in [0.2, 0.25) is 0 Å². The van der Waals surface area contributed by atoms with Crippen molar-refractivity contribution in [3.63, 3.8) is 0 Å². The SMILES string of the molecule is O=P(c1ccccc1)(c1ccccc1)c1ccc2c3c1nc(-c1ccccc1)n3-c1ccccc1S2(=O)=O. The maximum Gasteiger partial charge on any atom is 0.210 e. The molecule has 0 aliphatic carbocycles. The number of nitrogens with zero attached hydrogens (tertiary/aromatic N) is 2. The first-order chi connectivity index (χ1) is 18.5. The van der Waals surface area contributed by atoms with E-state index in [1.54, 1.807) is 30.3 Å². The lowest BCUT2D eigenvalue weighted by Gasteiger charge is -2.23. The molecule has 7 heteroatoms. The zero-order chi connectivity index (χ0) is 25.9. The van der Waals surface area contributed by atoms with Crippen LogP contribution in [-0.4, -0.2) is 18.0 Å². The smallest absolute Gasteiger partial charge is 0.210 e. The van der Waals surface area contributed by atoms with Crippen LogP contribution in [0.3, 0.4) is 0 Å². The van der Waals surface area contributed by atoms with E-state index in [2.05, 4.69) is 0 Å². The van der Waals surface area contributed by atoms with Gasteiger partial charge in [-0.2, -0.15) is 0 Å². The van der Waals surface area contributed by atoms with Gasteiger partial charge in [-0.1, -0.05) is 103 Å². The summed E-state index contributed by atoms with van der Waals surface area (Å²) in [7, 11) is -7.24. The Morgan fingerprint density at radius 3 is 1.79 bits per heavy atom. The lowest BCUT2D eigenvalue weighted by Crippen LogP contribution is -2.26. The first-order valence-electron chi connectivity index (χ1n) is 12.2. The average Bonchev–Trinajstić information content (AvgIpc) is 3.38. The average molecular weight is 533 g/mol. The van der Waals surface area contributed by atoms with E-state index in [0.29, 0.717) is 38.5 Å². The molecule has 5 nitrogen and oxygen atoms in total. The molecule has 38 heavy (non-hydrogen) atoms. The van der Waals surface area contributed by atoms with Gasteiger partial charge in [0.2, 0.25) is 9.84 Å². The Hall–Kier alpha value is -4.25. The van der Waals surface area contributed by atoms with E-state index >= 15 is 4.57 Å². The standard InChI is InChI=1S/C31H21N2O3PS/c34-37(23-14-6-2-7-15-23,24-16-8-3-9-17-24)26-20-21-28-30-29(26)32-31(22-12-4-1-5-13-22)33(30)25-18-10-11-19-27(25)38(28,35)36/h1-21H. The van der Waals surface area contributed by atoms with Gasteiger partial charge >= 0.3 is 0 Å². The molecule has 0 fully saturated rings. The van der Waals surface area contributed by atoms with Crippen molar-refractivity contribution >= 4 is 43.9 Å². The number of rotatable bonds is 4. The molecule has 5 aromatic carbocycles. The fourth-order valence-electron chi connectivity index (χ4n) is 5.32. The van der Waals surface area contributed by atoms with E-state index in [1.165, 1.54) is 0 Å². The molecular formula is C31H21N2O3PS. The Bertz CT molecular complexity index is 1960. The third-order valence-corrected chi connectivity index (χ3v) is 12.0. The van der Waals surface area contributed by atoms with E-state index in [9.17, 15) is 8.42 Å². The second-order valence-corrected chi connectivity index (χ2v) is 13.8. The van der Waals surface area contributed by atoms with E-state index in [4.69, 9.17) is 4.98 Å². The van der Waals surface area contributed by atoms with E-state index < -0.39 is 17.0 Å². The molecule has 0 spiro atoms. The molecule has 7 rings (SSSR count). The minimum atomic E-state index is -3.82. The van der Waals surface area contributed by atoms with Crippen LogP contribution in [0.5, 0.6) is 0 Å². The van der Waals surface area contributed by atoms with Gasteiger partial charge in [0.15, 0.2) is 7.14 Å². The van der Waals surface area contributed by atoms with Crippen molar-refractivity contribution in [2.24, 2.45) is 0 Å². The summed E-state index contributed by atoms with van der Waals surface area (Å²) >= 11 is 0. The summed E-state index contributed by atoms with van der Waals surface area (Å²) in [6.07, 6.45) is 0. The normalized spacial score (nSPS) is 13.8. The number of hydrogen-bond donors (Lipinski definition) is 0. The van der Waals surface area contributed by atoms with Crippen LogP contribution in [0, 0.1) is 0 Å². The van der Waals surface area contributed by atoms with Crippen LogP contribution in [0.15, 0.2) is 137 Å². The van der Waals surface area contributed by atoms with Crippen molar-refractivity contribution in [1.82, 2.24) is 9.55 Å².